The molecule has 0 amide bonds. The summed E-state index contributed by atoms with van der Waals surface area (Å²) in [5.74, 6) is -6.07. The van der Waals surface area contributed by atoms with Gasteiger partial charge in [0.15, 0.2) is 17.4 Å². The highest BCUT2D eigenvalue weighted by molar-refractivity contribution is 6.09. The van der Waals surface area contributed by atoms with Crippen molar-refractivity contribution < 1.29 is 22.4 Å². The number of nitrogens with two attached hydrogens (primary N) is 1. The number of benzene rings is 2. The Labute approximate surface area is 111 Å². The lowest BCUT2D eigenvalue weighted by molar-refractivity contribution is 0.103. The Balaban J connectivity index is 2.60. The van der Waals surface area contributed by atoms with Gasteiger partial charge in [0.1, 0.15) is 11.6 Å². The number of nitrogen functional groups attached to an aromatic ring is 1. The third kappa shape index (κ3) is 2.36. The molecule has 2 aromatic rings. The van der Waals surface area contributed by atoms with Gasteiger partial charge in [0.2, 0.25) is 0 Å². The zero-order chi connectivity index (χ0) is 15.0. The van der Waals surface area contributed by atoms with E-state index >= 15 is 0 Å². The maximum absolute atomic E-state index is 13.9. The molecule has 0 radical (unpaired) electrons. The van der Waals surface area contributed by atoms with Crippen LogP contribution in [0.2, 0.25) is 0 Å². The molecule has 6 heteroatoms. The molecular formula is C14H9F4NO. The number of ketones is 1. The van der Waals surface area contributed by atoms with Gasteiger partial charge in [0.25, 0.3) is 0 Å². The first-order chi connectivity index (χ1) is 9.31. The van der Waals surface area contributed by atoms with E-state index in [1.165, 1.54) is 13.0 Å². The molecule has 0 unspecified atom stereocenters. The largest absolute Gasteiger partial charge is 0.399 e. The second kappa shape index (κ2) is 4.96. The third-order valence-corrected chi connectivity index (χ3v) is 2.78. The Kier molecular flexibility index (Phi) is 3.48. The van der Waals surface area contributed by atoms with Crippen molar-refractivity contribution >= 4 is 11.5 Å². The Bertz CT molecular complexity index is 713. The van der Waals surface area contributed by atoms with E-state index in [2.05, 4.69) is 0 Å². The normalized spacial score (nSPS) is 10.7. The molecular weight excluding hydrogens is 274 g/mol. The zero-order valence-electron chi connectivity index (χ0n) is 10.3. The number of hydrogen-bond donors (Lipinski definition) is 1. The fraction of sp³-hybridized carbons (Fsp3) is 0.0714. The van der Waals surface area contributed by atoms with E-state index in [0.29, 0.717) is 6.07 Å². The summed E-state index contributed by atoms with van der Waals surface area (Å²) in [6.07, 6.45) is 0. The number of carbonyl (C=O) groups is 1. The second-order valence-electron chi connectivity index (χ2n) is 4.27. The van der Waals surface area contributed by atoms with Gasteiger partial charge in [-0.3, -0.25) is 4.79 Å². The molecule has 0 spiro atoms. The first kappa shape index (κ1) is 14.0. The van der Waals surface area contributed by atoms with Crippen molar-refractivity contribution in [3.63, 3.8) is 0 Å². The average Bonchev–Trinajstić information content (AvgIpc) is 2.37. The molecule has 2 N–H and O–H groups in total. The van der Waals surface area contributed by atoms with Crippen LogP contribution in [0.1, 0.15) is 21.5 Å². The van der Waals surface area contributed by atoms with E-state index < -0.39 is 40.2 Å². The van der Waals surface area contributed by atoms with Crippen molar-refractivity contribution in [2.24, 2.45) is 0 Å². The van der Waals surface area contributed by atoms with Crippen molar-refractivity contribution in [3.8, 4) is 0 Å². The van der Waals surface area contributed by atoms with Crippen LogP contribution in [0.25, 0.3) is 0 Å². The van der Waals surface area contributed by atoms with Gasteiger partial charge in [-0.25, -0.2) is 17.6 Å². The minimum absolute atomic E-state index is 0.0938. The van der Waals surface area contributed by atoms with Crippen LogP contribution in [0, 0.1) is 30.2 Å². The maximum Gasteiger partial charge on any atom is 0.199 e. The van der Waals surface area contributed by atoms with Crippen molar-refractivity contribution in [1.29, 1.82) is 0 Å². The molecule has 2 rings (SSSR count). The molecule has 0 aliphatic carbocycles. The molecule has 104 valence electrons. The number of anilines is 1. The van der Waals surface area contributed by atoms with Crippen LogP contribution >= 0.6 is 0 Å². The number of hydrogen-bond acceptors (Lipinski definition) is 2. The van der Waals surface area contributed by atoms with Crippen LogP contribution in [0.5, 0.6) is 0 Å². The smallest absolute Gasteiger partial charge is 0.199 e. The number of halogens is 4. The predicted molar refractivity (Wildman–Crippen MR) is 65.3 cm³/mol. The van der Waals surface area contributed by atoms with Crippen LogP contribution in [-0.4, -0.2) is 5.78 Å². The van der Waals surface area contributed by atoms with Crippen LogP contribution in [0.15, 0.2) is 24.3 Å². The van der Waals surface area contributed by atoms with Gasteiger partial charge in [-0.15, -0.1) is 0 Å². The summed E-state index contributed by atoms with van der Waals surface area (Å²) in [4.78, 5) is 12.0. The lowest BCUT2D eigenvalue weighted by Gasteiger charge is -2.08. The van der Waals surface area contributed by atoms with Crippen LogP contribution in [0.3, 0.4) is 0 Å². The molecule has 2 nitrogen and oxygen atoms in total. The van der Waals surface area contributed by atoms with Gasteiger partial charge in [-0.05, 0) is 30.7 Å². The number of rotatable bonds is 2. The molecule has 0 bridgehead atoms. The van der Waals surface area contributed by atoms with Gasteiger partial charge in [-0.1, -0.05) is 0 Å². The van der Waals surface area contributed by atoms with Crippen molar-refractivity contribution in [1.82, 2.24) is 0 Å². The van der Waals surface area contributed by atoms with E-state index in [1.807, 2.05) is 0 Å². The Morgan fingerprint density at radius 2 is 1.50 bits per heavy atom. The minimum atomic E-state index is -1.43. The Morgan fingerprint density at radius 3 is 2.15 bits per heavy atom. The Hall–Kier alpha value is -2.37. The molecule has 0 aliphatic heterocycles. The molecule has 2 aromatic carbocycles. The fourth-order valence-corrected chi connectivity index (χ4v) is 1.80. The van der Waals surface area contributed by atoms with Crippen molar-refractivity contribution in [2.75, 3.05) is 5.73 Å². The van der Waals surface area contributed by atoms with E-state index in [4.69, 9.17) is 5.73 Å². The monoisotopic (exact) mass is 283 g/mol. The van der Waals surface area contributed by atoms with Gasteiger partial charge in [0, 0.05) is 11.8 Å². The summed E-state index contributed by atoms with van der Waals surface area (Å²) in [5.41, 5.74) is 4.44. The Morgan fingerprint density at radius 1 is 0.900 bits per heavy atom. The lowest BCUT2D eigenvalue weighted by Crippen LogP contribution is -2.10. The van der Waals surface area contributed by atoms with E-state index in [0.717, 1.165) is 6.07 Å². The number of aryl methyl sites for hydroxylation is 1. The molecule has 0 saturated heterocycles. The summed E-state index contributed by atoms with van der Waals surface area (Å²) >= 11 is 0. The molecule has 0 fully saturated rings. The zero-order valence-corrected chi connectivity index (χ0v) is 10.3. The highest BCUT2D eigenvalue weighted by Crippen LogP contribution is 2.23. The van der Waals surface area contributed by atoms with Gasteiger partial charge >= 0.3 is 0 Å². The second-order valence-corrected chi connectivity index (χ2v) is 4.27. The predicted octanol–water partition coefficient (Wildman–Crippen LogP) is 3.36. The van der Waals surface area contributed by atoms with E-state index in [1.54, 1.807) is 0 Å². The molecule has 20 heavy (non-hydrogen) atoms. The minimum Gasteiger partial charge on any atom is -0.399 e. The van der Waals surface area contributed by atoms with E-state index in [9.17, 15) is 22.4 Å². The highest BCUT2D eigenvalue weighted by atomic mass is 19.2. The molecule has 0 aromatic heterocycles. The summed E-state index contributed by atoms with van der Waals surface area (Å²) in [6.45, 7) is 1.38. The maximum atomic E-state index is 13.9. The first-order valence-electron chi connectivity index (χ1n) is 5.56. The summed E-state index contributed by atoms with van der Waals surface area (Å²) in [7, 11) is 0. The van der Waals surface area contributed by atoms with Gasteiger partial charge in [-0.2, -0.15) is 0 Å². The van der Waals surface area contributed by atoms with Gasteiger partial charge in [0.05, 0.1) is 11.1 Å². The highest BCUT2D eigenvalue weighted by Gasteiger charge is 2.21. The lowest BCUT2D eigenvalue weighted by atomic mass is 9.99. The molecule has 0 heterocycles. The first-order valence-corrected chi connectivity index (χ1v) is 5.56. The molecule has 0 aliphatic rings. The summed E-state index contributed by atoms with van der Waals surface area (Å²) in [5, 5.41) is 0. The van der Waals surface area contributed by atoms with Crippen molar-refractivity contribution in [3.05, 3.63) is 64.2 Å². The SMILES string of the molecule is Cc1cc(N)cc(C(=O)c2cc(F)c(F)cc2F)c1F. The van der Waals surface area contributed by atoms with Gasteiger partial charge < -0.3 is 5.73 Å². The molecule has 0 saturated carbocycles. The number of carbonyl (C=O) groups excluding carboxylic acids is 1. The van der Waals surface area contributed by atoms with Crippen molar-refractivity contribution in [2.45, 2.75) is 6.92 Å². The summed E-state index contributed by atoms with van der Waals surface area (Å²) < 4.78 is 53.3. The van der Waals surface area contributed by atoms with Crippen LogP contribution in [0.4, 0.5) is 23.2 Å². The topological polar surface area (TPSA) is 43.1 Å². The van der Waals surface area contributed by atoms with E-state index in [-0.39, 0.29) is 17.3 Å². The standard InChI is InChI=1S/C14H9F4NO/c1-6-2-7(19)3-9(13(6)18)14(20)8-4-11(16)12(17)5-10(8)15/h2-5H,19H2,1H3. The quantitative estimate of drug-likeness (QED) is 0.397. The molecule has 0 atom stereocenters. The summed E-state index contributed by atoms with van der Waals surface area (Å²) in [6, 6.07) is 2.95. The average molecular weight is 283 g/mol. The van der Waals surface area contributed by atoms with Crippen LogP contribution in [-0.2, 0) is 0 Å². The fourth-order valence-electron chi connectivity index (χ4n) is 1.80. The third-order valence-electron chi connectivity index (χ3n) is 2.78. The van der Waals surface area contributed by atoms with Crippen LogP contribution < -0.4 is 5.73 Å².